The van der Waals surface area contributed by atoms with E-state index in [9.17, 15) is 9.18 Å². The Morgan fingerprint density at radius 1 is 1.04 bits per heavy atom. The Kier molecular flexibility index (Phi) is 5.98. The molecule has 3 aromatic carbocycles. The van der Waals surface area contributed by atoms with Crippen LogP contribution in [0.15, 0.2) is 76.2 Å². The van der Waals surface area contributed by atoms with E-state index >= 15 is 0 Å². The van der Waals surface area contributed by atoms with Crippen LogP contribution in [0.5, 0.6) is 11.5 Å². The lowest BCUT2D eigenvalue weighted by Gasteiger charge is -2.10. The first-order chi connectivity index (χ1) is 13.1. The Morgan fingerprint density at radius 2 is 1.78 bits per heavy atom. The Balaban J connectivity index is 1.79. The molecule has 0 aromatic heterocycles. The summed E-state index contributed by atoms with van der Waals surface area (Å²) in [4.78, 5) is 16.6. The summed E-state index contributed by atoms with van der Waals surface area (Å²) in [7, 11) is 1.49. The van der Waals surface area contributed by atoms with E-state index in [0.29, 0.717) is 5.75 Å². The van der Waals surface area contributed by atoms with E-state index in [1.807, 2.05) is 24.3 Å². The molecule has 4 nitrogen and oxygen atoms in total. The fraction of sp³-hybridized carbons (Fsp3) is 0.0476. The van der Waals surface area contributed by atoms with Gasteiger partial charge in [0.2, 0.25) is 0 Å². The van der Waals surface area contributed by atoms with Crippen molar-refractivity contribution in [3.63, 3.8) is 0 Å². The van der Waals surface area contributed by atoms with Gasteiger partial charge in [-0.1, -0.05) is 12.1 Å². The lowest BCUT2D eigenvalue weighted by Crippen LogP contribution is -2.09. The lowest BCUT2D eigenvalue weighted by molar-refractivity contribution is 0.0729. The topological polar surface area (TPSA) is 47.9 Å². The predicted molar refractivity (Wildman–Crippen MR) is 106 cm³/mol. The van der Waals surface area contributed by atoms with Crippen molar-refractivity contribution in [1.29, 1.82) is 0 Å². The number of aliphatic imine (C=N–C) groups is 1. The molecule has 0 unspecified atom stereocenters. The minimum Gasteiger partial charge on any atom is -0.493 e. The number of ether oxygens (including phenoxy) is 2. The average molecular weight is 428 g/mol. The number of nitrogens with zero attached hydrogens (tertiary/aromatic N) is 1. The quantitative estimate of drug-likeness (QED) is 0.304. The van der Waals surface area contributed by atoms with Gasteiger partial charge in [-0.05, 0) is 76.1 Å². The zero-order valence-electron chi connectivity index (χ0n) is 14.4. The number of rotatable bonds is 5. The summed E-state index contributed by atoms with van der Waals surface area (Å²) >= 11 is 3.44. The third-order valence-electron chi connectivity index (χ3n) is 3.68. The minimum absolute atomic E-state index is 0.248. The van der Waals surface area contributed by atoms with Crippen LogP contribution in [0.4, 0.5) is 10.1 Å². The van der Waals surface area contributed by atoms with E-state index < -0.39 is 11.8 Å². The van der Waals surface area contributed by atoms with E-state index in [4.69, 9.17) is 9.47 Å². The molecular weight excluding hydrogens is 413 g/mol. The van der Waals surface area contributed by atoms with Crippen LogP contribution in [0.1, 0.15) is 15.9 Å². The number of carbonyl (C=O) groups is 1. The average Bonchev–Trinajstić information content (AvgIpc) is 2.68. The first-order valence-electron chi connectivity index (χ1n) is 8.01. The highest BCUT2D eigenvalue weighted by atomic mass is 79.9. The fourth-order valence-electron chi connectivity index (χ4n) is 2.29. The van der Waals surface area contributed by atoms with E-state index in [0.717, 1.165) is 15.7 Å². The molecule has 0 N–H and O–H groups in total. The molecule has 0 heterocycles. The lowest BCUT2D eigenvalue weighted by atomic mass is 10.2. The van der Waals surface area contributed by atoms with Crippen molar-refractivity contribution in [2.45, 2.75) is 0 Å². The molecule has 0 radical (unpaired) electrons. The molecule has 136 valence electrons. The fourth-order valence-corrected chi connectivity index (χ4v) is 2.68. The smallest absolute Gasteiger partial charge is 0.343 e. The molecule has 0 aliphatic carbocycles. The number of esters is 1. The number of halogens is 2. The molecule has 0 fully saturated rings. The minimum atomic E-state index is -0.595. The highest BCUT2D eigenvalue weighted by Gasteiger charge is 2.13. The number of methoxy groups -OCH3 is 1. The van der Waals surface area contributed by atoms with Crippen LogP contribution in [-0.2, 0) is 0 Å². The van der Waals surface area contributed by atoms with Crippen molar-refractivity contribution in [1.82, 2.24) is 0 Å². The van der Waals surface area contributed by atoms with Crippen LogP contribution in [-0.4, -0.2) is 19.3 Å². The van der Waals surface area contributed by atoms with Gasteiger partial charge >= 0.3 is 5.97 Å². The Hall–Kier alpha value is -2.99. The van der Waals surface area contributed by atoms with Crippen LogP contribution in [0.25, 0.3) is 0 Å². The van der Waals surface area contributed by atoms with Crippen LogP contribution < -0.4 is 9.47 Å². The van der Waals surface area contributed by atoms with Gasteiger partial charge in [-0.3, -0.25) is 4.99 Å². The van der Waals surface area contributed by atoms with Crippen molar-refractivity contribution in [3.8, 4) is 11.5 Å². The van der Waals surface area contributed by atoms with Gasteiger partial charge in [0.1, 0.15) is 5.82 Å². The van der Waals surface area contributed by atoms with E-state index in [-0.39, 0.29) is 11.3 Å². The maximum atomic E-state index is 13.0. The van der Waals surface area contributed by atoms with Crippen molar-refractivity contribution in [2.75, 3.05) is 7.11 Å². The number of carbonyl (C=O) groups excluding carboxylic acids is 1. The summed E-state index contributed by atoms with van der Waals surface area (Å²) in [5, 5.41) is 0. The molecule has 6 heteroatoms. The summed E-state index contributed by atoms with van der Waals surface area (Å²) in [6, 6.07) is 17.8. The second kappa shape index (κ2) is 8.60. The molecule has 0 spiro atoms. The summed E-state index contributed by atoms with van der Waals surface area (Å²) in [5.41, 5.74) is 1.82. The van der Waals surface area contributed by atoms with Crippen LogP contribution >= 0.6 is 15.9 Å². The maximum Gasteiger partial charge on any atom is 0.343 e. The molecule has 3 aromatic rings. The normalized spacial score (nSPS) is 10.8. The second-order valence-corrected chi connectivity index (χ2v) is 6.37. The molecule has 0 saturated heterocycles. The summed E-state index contributed by atoms with van der Waals surface area (Å²) < 4.78 is 24.5. The van der Waals surface area contributed by atoms with Crippen molar-refractivity contribution < 1.29 is 18.7 Å². The molecule has 0 bridgehead atoms. The van der Waals surface area contributed by atoms with Gasteiger partial charge in [0.25, 0.3) is 0 Å². The first-order valence-corrected chi connectivity index (χ1v) is 8.80. The Morgan fingerprint density at radius 3 is 2.48 bits per heavy atom. The monoisotopic (exact) mass is 427 g/mol. The van der Waals surface area contributed by atoms with Crippen molar-refractivity contribution >= 4 is 33.8 Å². The van der Waals surface area contributed by atoms with Gasteiger partial charge in [0, 0.05) is 10.7 Å². The van der Waals surface area contributed by atoms with Crippen LogP contribution in [0.3, 0.4) is 0 Å². The largest absolute Gasteiger partial charge is 0.493 e. The van der Waals surface area contributed by atoms with E-state index in [1.54, 1.807) is 24.4 Å². The molecule has 27 heavy (non-hydrogen) atoms. The number of hydrogen-bond acceptors (Lipinski definition) is 4. The van der Waals surface area contributed by atoms with Gasteiger partial charge in [-0.2, -0.15) is 0 Å². The molecule has 0 aliphatic rings. The first kappa shape index (κ1) is 18.8. The number of benzene rings is 3. The zero-order valence-corrected chi connectivity index (χ0v) is 15.9. The molecule has 0 aliphatic heterocycles. The third kappa shape index (κ3) is 4.80. The van der Waals surface area contributed by atoms with Crippen LogP contribution in [0, 0.1) is 5.82 Å². The predicted octanol–water partition coefficient (Wildman–Crippen LogP) is 5.57. The van der Waals surface area contributed by atoms with Gasteiger partial charge in [-0.25, -0.2) is 9.18 Å². The van der Waals surface area contributed by atoms with E-state index in [2.05, 4.69) is 20.9 Å². The summed E-state index contributed by atoms with van der Waals surface area (Å²) in [5.74, 6) is -0.354. The summed E-state index contributed by atoms with van der Waals surface area (Å²) in [6.45, 7) is 0. The number of hydrogen-bond donors (Lipinski definition) is 0. The van der Waals surface area contributed by atoms with Gasteiger partial charge in [0.15, 0.2) is 11.5 Å². The number of para-hydroxylation sites is 1. The van der Waals surface area contributed by atoms with Gasteiger partial charge in [-0.15, -0.1) is 0 Å². The zero-order chi connectivity index (χ0) is 19.2. The Labute approximate surface area is 164 Å². The maximum absolute atomic E-state index is 13.0. The molecule has 0 atom stereocenters. The highest BCUT2D eigenvalue weighted by Crippen LogP contribution is 2.29. The second-order valence-electron chi connectivity index (χ2n) is 5.52. The highest BCUT2D eigenvalue weighted by molar-refractivity contribution is 9.10. The molecular formula is C21H15BrFNO3. The van der Waals surface area contributed by atoms with Gasteiger partial charge in [0.05, 0.1) is 18.4 Å². The van der Waals surface area contributed by atoms with Gasteiger partial charge < -0.3 is 9.47 Å². The molecule has 0 amide bonds. The SMILES string of the molecule is COc1cc(C=Nc2ccccc2Br)ccc1OC(=O)c1ccc(F)cc1. The third-order valence-corrected chi connectivity index (χ3v) is 4.35. The standard InChI is InChI=1S/C21H15BrFNO3/c1-26-20-12-14(13-24-18-5-3-2-4-17(18)22)6-11-19(20)27-21(25)15-7-9-16(23)10-8-15/h2-13H,1H3. The molecule has 0 saturated carbocycles. The van der Waals surface area contributed by atoms with Crippen molar-refractivity contribution in [3.05, 3.63) is 88.1 Å². The molecule has 3 rings (SSSR count). The van der Waals surface area contributed by atoms with Crippen LogP contribution in [0.2, 0.25) is 0 Å². The Bertz CT molecular complexity index is 987. The summed E-state index contributed by atoms with van der Waals surface area (Å²) in [6.07, 6.45) is 1.69. The van der Waals surface area contributed by atoms with Crippen molar-refractivity contribution in [2.24, 2.45) is 4.99 Å². The van der Waals surface area contributed by atoms with E-state index in [1.165, 1.54) is 31.4 Å².